The summed E-state index contributed by atoms with van der Waals surface area (Å²) >= 11 is 0. The molecule has 3 nitrogen and oxygen atoms in total. The minimum Gasteiger partial charge on any atom is -0.302 e. The fourth-order valence-electron chi connectivity index (χ4n) is 1.56. The zero-order chi connectivity index (χ0) is 10.6. The summed E-state index contributed by atoms with van der Waals surface area (Å²) in [6.07, 6.45) is 4.12. The second-order valence-electron chi connectivity index (χ2n) is 3.98. The number of hydrogen-bond acceptors (Lipinski definition) is 3. The first kappa shape index (κ1) is 11.9. The number of rotatable bonds is 4. The van der Waals surface area contributed by atoms with Gasteiger partial charge in [0.25, 0.3) is 0 Å². The van der Waals surface area contributed by atoms with Gasteiger partial charge in [-0.25, -0.2) is 0 Å². The Morgan fingerprint density at radius 2 is 2.00 bits per heavy atom. The second-order valence-corrected chi connectivity index (χ2v) is 5.78. The van der Waals surface area contributed by atoms with E-state index < -0.39 is 10.8 Å². The quantitative estimate of drug-likeness (QED) is 0.699. The average Bonchev–Trinajstić information content (AvgIpc) is 2.16. The molecule has 1 aliphatic heterocycles. The van der Waals surface area contributed by atoms with E-state index in [0.717, 1.165) is 26.1 Å². The highest BCUT2D eigenvalue weighted by atomic mass is 32.2. The molecule has 2 unspecified atom stereocenters. The molecule has 0 aromatic heterocycles. The van der Waals surface area contributed by atoms with Crippen LogP contribution in [0.15, 0.2) is 0 Å². The molecule has 1 heterocycles. The summed E-state index contributed by atoms with van der Waals surface area (Å²) in [6, 6.07) is 0. The third-order valence-corrected chi connectivity index (χ3v) is 4.20. The summed E-state index contributed by atoms with van der Waals surface area (Å²) in [6.45, 7) is 4.78. The fourth-order valence-corrected chi connectivity index (χ4v) is 1.99. The Labute approximate surface area is 88.3 Å². The Bertz CT molecular complexity index is 220. The molecule has 1 saturated heterocycles. The summed E-state index contributed by atoms with van der Waals surface area (Å²) in [4.78, 5) is 13.3. The Balaban J connectivity index is 2.19. The van der Waals surface area contributed by atoms with Crippen LogP contribution in [0.3, 0.4) is 0 Å². The molecule has 0 aliphatic carbocycles. The zero-order valence-electron chi connectivity index (χ0n) is 8.99. The molecule has 0 saturated carbocycles. The van der Waals surface area contributed by atoms with Gasteiger partial charge in [0.15, 0.2) is 0 Å². The van der Waals surface area contributed by atoms with Gasteiger partial charge in [-0.05, 0) is 13.0 Å². The standard InChI is InChI=1S/C10H19NO2S/c1-9(14(2)13)3-6-11-7-4-10(12)5-8-11/h9H,3-8H2,1-2H3. The number of likely N-dealkylation sites (tertiary alicyclic amines) is 1. The molecule has 0 aromatic carbocycles. The lowest BCUT2D eigenvalue weighted by molar-refractivity contribution is -0.121. The molecule has 1 aliphatic rings. The molecule has 0 bridgehead atoms. The normalized spacial score (nSPS) is 23.4. The third kappa shape index (κ3) is 3.88. The number of ketones is 1. The minimum atomic E-state index is -0.715. The maximum absolute atomic E-state index is 11.1. The predicted octanol–water partition coefficient (Wildman–Crippen LogP) is 0.808. The van der Waals surface area contributed by atoms with Crippen LogP contribution >= 0.6 is 0 Å². The van der Waals surface area contributed by atoms with Crippen LogP contribution in [-0.2, 0) is 15.6 Å². The minimum absolute atomic E-state index is 0.271. The SMILES string of the molecule is CC(CCN1CCC(=O)CC1)S(C)=O. The van der Waals surface area contributed by atoms with Gasteiger partial charge in [0.05, 0.1) is 0 Å². The van der Waals surface area contributed by atoms with Gasteiger partial charge in [0, 0.05) is 48.2 Å². The van der Waals surface area contributed by atoms with Gasteiger partial charge in [-0.15, -0.1) is 0 Å². The summed E-state index contributed by atoms with van der Waals surface area (Å²) in [5.74, 6) is 0.383. The molecule has 1 fully saturated rings. The van der Waals surface area contributed by atoms with Crippen LogP contribution in [0.1, 0.15) is 26.2 Å². The topological polar surface area (TPSA) is 37.4 Å². The van der Waals surface area contributed by atoms with E-state index in [1.807, 2.05) is 6.92 Å². The summed E-state index contributed by atoms with van der Waals surface area (Å²) in [7, 11) is -0.715. The molecule has 4 heteroatoms. The van der Waals surface area contributed by atoms with E-state index in [1.54, 1.807) is 6.26 Å². The van der Waals surface area contributed by atoms with Crippen LogP contribution in [0.4, 0.5) is 0 Å². The molecule has 14 heavy (non-hydrogen) atoms. The van der Waals surface area contributed by atoms with Crippen molar-refractivity contribution < 1.29 is 9.00 Å². The molecule has 2 atom stereocenters. The maximum atomic E-state index is 11.1. The fraction of sp³-hybridized carbons (Fsp3) is 0.900. The van der Waals surface area contributed by atoms with Crippen molar-refractivity contribution in [2.75, 3.05) is 25.9 Å². The van der Waals surface area contributed by atoms with Crippen LogP contribution in [0.2, 0.25) is 0 Å². The van der Waals surface area contributed by atoms with Gasteiger partial charge in [0.2, 0.25) is 0 Å². The lowest BCUT2D eigenvalue weighted by Gasteiger charge is -2.26. The Hall–Kier alpha value is -0.220. The van der Waals surface area contributed by atoms with Gasteiger partial charge < -0.3 is 4.90 Å². The van der Waals surface area contributed by atoms with E-state index in [4.69, 9.17) is 0 Å². The number of piperidine rings is 1. The third-order valence-electron chi connectivity index (χ3n) is 2.83. The Morgan fingerprint density at radius 3 is 2.50 bits per heavy atom. The highest BCUT2D eigenvalue weighted by Crippen LogP contribution is 2.08. The maximum Gasteiger partial charge on any atom is 0.135 e. The van der Waals surface area contributed by atoms with E-state index in [2.05, 4.69) is 4.90 Å². The predicted molar refractivity (Wildman–Crippen MR) is 58.8 cm³/mol. The summed E-state index contributed by atoms with van der Waals surface area (Å²) < 4.78 is 11.1. The highest BCUT2D eigenvalue weighted by Gasteiger charge is 2.16. The molecular formula is C10H19NO2S. The van der Waals surface area contributed by atoms with Crippen molar-refractivity contribution in [1.29, 1.82) is 0 Å². The lowest BCUT2D eigenvalue weighted by atomic mass is 10.1. The van der Waals surface area contributed by atoms with Crippen LogP contribution in [-0.4, -0.2) is 46.0 Å². The average molecular weight is 217 g/mol. The van der Waals surface area contributed by atoms with E-state index in [0.29, 0.717) is 18.6 Å². The van der Waals surface area contributed by atoms with Gasteiger partial charge in [0.1, 0.15) is 5.78 Å². The zero-order valence-corrected chi connectivity index (χ0v) is 9.81. The number of Topliss-reactive ketones (excluding diaryl/α,β-unsaturated/α-hetero) is 1. The molecule has 1 rings (SSSR count). The smallest absolute Gasteiger partial charge is 0.135 e. The van der Waals surface area contributed by atoms with Crippen LogP contribution in [0.5, 0.6) is 0 Å². The molecule has 82 valence electrons. The monoisotopic (exact) mass is 217 g/mol. The first-order valence-electron chi connectivity index (χ1n) is 5.16. The molecule has 0 N–H and O–H groups in total. The van der Waals surface area contributed by atoms with Crippen molar-refractivity contribution in [3.05, 3.63) is 0 Å². The Kier molecular flexibility index (Phi) is 4.75. The van der Waals surface area contributed by atoms with Crippen molar-refractivity contribution in [3.8, 4) is 0 Å². The van der Waals surface area contributed by atoms with Crippen LogP contribution in [0.25, 0.3) is 0 Å². The first-order valence-corrected chi connectivity index (χ1v) is 6.78. The van der Waals surface area contributed by atoms with Crippen molar-refractivity contribution in [2.24, 2.45) is 0 Å². The van der Waals surface area contributed by atoms with Gasteiger partial charge in [-0.1, -0.05) is 6.92 Å². The number of nitrogens with zero attached hydrogens (tertiary/aromatic N) is 1. The van der Waals surface area contributed by atoms with Gasteiger partial charge >= 0.3 is 0 Å². The Morgan fingerprint density at radius 1 is 1.43 bits per heavy atom. The first-order chi connectivity index (χ1) is 6.59. The number of carbonyl (C=O) groups excluding carboxylic acids is 1. The van der Waals surface area contributed by atoms with Crippen molar-refractivity contribution in [1.82, 2.24) is 4.90 Å². The van der Waals surface area contributed by atoms with E-state index in [9.17, 15) is 9.00 Å². The number of hydrogen-bond donors (Lipinski definition) is 0. The van der Waals surface area contributed by atoms with E-state index in [-0.39, 0.29) is 5.25 Å². The molecule has 0 amide bonds. The van der Waals surface area contributed by atoms with Crippen LogP contribution in [0, 0.1) is 0 Å². The van der Waals surface area contributed by atoms with Gasteiger partial charge in [-0.2, -0.15) is 0 Å². The van der Waals surface area contributed by atoms with Crippen molar-refractivity contribution >= 4 is 16.6 Å². The van der Waals surface area contributed by atoms with Crippen molar-refractivity contribution in [2.45, 2.75) is 31.4 Å². The largest absolute Gasteiger partial charge is 0.302 e. The number of carbonyl (C=O) groups is 1. The molecule has 0 aromatic rings. The highest BCUT2D eigenvalue weighted by molar-refractivity contribution is 7.84. The molecular weight excluding hydrogens is 198 g/mol. The molecule has 0 spiro atoms. The van der Waals surface area contributed by atoms with Gasteiger partial charge in [-0.3, -0.25) is 9.00 Å². The summed E-state index contributed by atoms with van der Waals surface area (Å²) in [5, 5.41) is 0.271. The van der Waals surface area contributed by atoms with E-state index in [1.165, 1.54) is 0 Å². The second kappa shape index (κ2) is 5.61. The molecule has 0 radical (unpaired) electrons. The lowest BCUT2D eigenvalue weighted by Crippen LogP contribution is -2.35. The van der Waals surface area contributed by atoms with E-state index >= 15 is 0 Å². The summed E-state index contributed by atoms with van der Waals surface area (Å²) in [5.41, 5.74) is 0. The van der Waals surface area contributed by atoms with Crippen molar-refractivity contribution in [3.63, 3.8) is 0 Å². The van der Waals surface area contributed by atoms with Crippen LogP contribution < -0.4 is 0 Å².